The minimum Gasteiger partial charge on any atom is -0.475 e. The number of benzene rings is 2. The second kappa shape index (κ2) is 8.97. The molecule has 0 aliphatic rings. The molecular formula is C22H20N2O5. The number of aryl methyl sites for hydroxylation is 1. The van der Waals surface area contributed by atoms with E-state index in [1.807, 2.05) is 6.92 Å². The van der Waals surface area contributed by atoms with Crippen molar-refractivity contribution in [3.8, 4) is 11.1 Å². The van der Waals surface area contributed by atoms with Gasteiger partial charge in [0, 0.05) is 12.0 Å². The fourth-order valence-electron chi connectivity index (χ4n) is 2.89. The molecule has 3 rings (SSSR count). The maximum absolute atomic E-state index is 12.1. The first-order valence-electron chi connectivity index (χ1n) is 9.16. The molecular weight excluding hydrogens is 372 g/mol. The average Bonchev–Trinajstić information content (AvgIpc) is 3.21. The molecule has 0 atom stereocenters. The molecule has 1 aromatic heterocycles. The van der Waals surface area contributed by atoms with Gasteiger partial charge in [-0.1, -0.05) is 55.5 Å². The smallest absolute Gasteiger partial charge is 0.377 e. The molecule has 148 valence electrons. The summed E-state index contributed by atoms with van der Waals surface area (Å²) >= 11 is 0. The quantitative estimate of drug-likeness (QED) is 0.344. The molecule has 0 aliphatic heterocycles. The van der Waals surface area contributed by atoms with E-state index in [1.54, 1.807) is 42.5 Å². The van der Waals surface area contributed by atoms with Crippen LogP contribution in [-0.2, 0) is 22.6 Å². The summed E-state index contributed by atoms with van der Waals surface area (Å²) in [6.45, 7) is 2.11. The third kappa shape index (κ3) is 4.76. The molecule has 0 spiro atoms. The Bertz CT molecular complexity index is 1040. The number of esters is 1. The number of rotatable bonds is 8. The molecule has 0 unspecified atom stereocenters. The van der Waals surface area contributed by atoms with Gasteiger partial charge >= 0.3 is 11.9 Å². The molecule has 3 aromatic rings. The van der Waals surface area contributed by atoms with Gasteiger partial charge < -0.3 is 14.8 Å². The molecule has 2 N–H and O–H groups in total. The van der Waals surface area contributed by atoms with E-state index in [-0.39, 0.29) is 12.2 Å². The second-order valence-corrected chi connectivity index (χ2v) is 6.45. The first-order valence-corrected chi connectivity index (χ1v) is 9.16. The molecule has 7 heteroatoms. The third-order valence-electron chi connectivity index (χ3n) is 4.34. The van der Waals surface area contributed by atoms with Crippen LogP contribution in [0.4, 0.5) is 0 Å². The van der Waals surface area contributed by atoms with Crippen molar-refractivity contribution in [2.24, 2.45) is 0 Å². The number of ketones is 1. The molecule has 0 saturated carbocycles. The highest BCUT2D eigenvalue weighted by Crippen LogP contribution is 2.25. The van der Waals surface area contributed by atoms with Crippen LogP contribution in [0.15, 0.2) is 54.7 Å². The molecule has 2 aromatic carbocycles. The van der Waals surface area contributed by atoms with Crippen molar-refractivity contribution in [3.05, 3.63) is 77.4 Å². The minimum absolute atomic E-state index is 0.0803. The van der Waals surface area contributed by atoms with Crippen LogP contribution in [0.5, 0.6) is 0 Å². The lowest BCUT2D eigenvalue weighted by molar-refractivity contribution is -0.131. The highest BCUT2D eigenvalue weighted by atomic mass is 16.5. The summed E-state index contributed by atoms with van der Waals surface area (Å²) in [5.41, 5.74) is 2.43. The number of carbonyl (C=O) groups is 3. The number of hydrogen-bond donors (Lipinski definition) is 2. The molecule has 7 nitrogen and oxygen atoms in total. The van der Waals surface area contributed by atoms with Crippen LogP contribution in [0.3, 0.4) is 0 Å². The minimum atomic E-state index is -1.50. The Hall–Kier alpha value is -3.74. The fourth-order valence-corrected chi connectivity index (χ4v) is 2.89. The number of carboxylic acid groups (broad SMARTS) is 1. The van der Waals surface area contributed by atoms with Gasteiger partial charge in [-0.15, -0.1) is 0 Å². The highest BCUT2D eigenvalue weighted by molar-refractivity contribution is 6.41. The molecule has 1 heterocycles. The van der Waals surface area contributed by atoms with Crippen molar-refractivity contribution in [1.29, 1.82) is 0 Å². The summed E-state index contributed by atoms with van der Waals surface area (Å²) in [5, 5.41) is 8.99. The third-order valence-corrected chi connectivity index (χ3v) is 4.34. The SMILES string of the molecule is CCCc1ncc(C(=O)OCc2ccc(-c3ccccc3C(=O)C(=O)O)cc2)[nH]1. The summed E-state index contributed by atoms with van der Waals surface area (Å²) < 4.78 is 5.30. The van der Waals surface area contributed by atoms with Crippen LogP contribution in [0.1, 0.15) is 45.6 Å². The zero-order valence-corrected chi connectivity index (χ0v) is 15.8. The monoisotopic (exact) mass is 392 g/mol. The number of nitrogens with zero attached hydrogens (tertiary/aromatic N) is 1. The Labute approximate surface area is 167 Å². The lowest BCUT2D eigenvalue weighted by Crippen LogP contribution is -2.13. The zero-order valence-electron chi connectivity index (χ0n) is 15.8. The van der Waals surface area contributed by atoms with Crippen LogP contribution in [0.25, 0.3) is 11.1 Å². The summed E-state index contributed by atoms with van der Waals surface area (Å²) in [6.07, 6.45) is 3.16. The molecule has 29 heavy (non-hydrogen) atoms. The number of imidazole rings is 1. The number of H-pyrrole nitrogens is 1. The number of Topliss-reactive ketones (excluding diaryl/α,β-unsaturated/α-hetero) is 1. The first kappa shape index (κ1) is 20.0. The van der Waals surface area contributed by atoms with E-state index in [9.17, 15) is 14.4 Å². The zero-order chi connectivity index (χ0) is 20.8. The lowest BCUT2D eigenvalue weighted by atomic mass is 9.96. The van der Waals surface area contributed by atoms with Crippen molar-refractivity contribution in [1.82, 2.24) is 9.97 Å². The van der Waals surface area contributed by atoms with Gasteiger partial charge in [0.2, 0.25) is 0 Å². The van der Waals surface area contributed by atoms with Gasteiger partial charge in [-0.3, -0.25) is 4.79 Å². The summed E-state index contributed by atoms with van der Waals surface area (Å²) in [6, 6.07) is 13.6. The van der Waals surface area contributed by atoms with Crippen LogP contribution in [-0.4, -0.2) is 32.8 Å². The fraction of sp³-hybridized carbons (Fsp3) is 0.182. The lowest BCUT2D eigenvalue weighted by Gasteiger charge is -2.09. The first-order chi connectivity index (χ1) is 14.0. The predicted molar refractivity (Wildman–Crippen MR) is 106 cm³/mol. The Morgan fingerprint density at radius 3 is 2.48 bits per heavy atom. The van der Waals surface area contributed by atoms with Gasteiger partial charge in [0.1, 0.15) is 18.1 Å². The van der Waals surface area contributed by atoms with Gasteiger partial charge in [-0.05, 0) is 23.1 Å². The van der Waals surface area contributed by atoms with E-state index in [4.69, 9.17) is 9.84 Å². The van der Waals surface area contributed by atoms with Crippen LogP contribution in [0, 0.1) is 0 Å². The number of aromatic nitrogens is 2. The van der Waals surface area contributed by atoms with E-state index >= 15 is 0 Å². The van der Waals surface area contributed by atoms with Gasteiger partial charge in [-0.2, -0.15) is 0 Å². The Balaban J connectivity index is 1.69. The van der Waals surface area contributed by atoms with Crippen LogP contribution >= 0.6 is 0 Å². The van der Waals surface area contributed by atoms with E-state index in [0.717, 1.165) is 24.2 Å². The number of carboxylic acids is 1. The Kier molecular flexibility index (Phi) is 6.19. The Morgan fingerprint density at radius 1 is 1.07 bits per heavy atom. The predicted octanol–water partition coefficient (Wildman–Crippen LogP) is 3.65. The van der Waals surface area contributed by atoms with Crippen molar-refractivity contribution in [2.75, 3.05) is 0 Å². The maximum atomic E-state index is 12.1. The normalized spacial score (nSPS) is 10.5. The summed E-state index contributed by atoms with van der Waals surface area (Å²) in [4.78, 5) is 42.1. The number of nitrogens with one attached hydrogen (secondary N) is 1. The van der Waals surface area contributed by atoms with Crippen molar-refractivity contribution in [3.63, 3.8) is 0 Å². The maximum Gasteiger partial charge on any atom is 0.377 e. The number of carbonyl (C=O) groups excluding carboxylic acids is 2. The highest BCUT2D eigenvalue weighted by Gasteiger charge is 2.18. The van der Waals surface area contributed by atoms with Crippen LogP contribution < -0.4 is 0 Å². The summed E-state index contributed by atoms with van der Waals surface area (Å²) in [5.74, 6) is -2.19. The molecule has 0 aliphatic carbocycles. The number of aromatic amines is 1. The van der Waals surface area contributed by atoms with Crippen molar-refractivity contribution >= 4 is 17.7 Å². The van der Waals surface area contributed by atoms with Gasteiger partial charge in [0.15, 0.2) is 0 Å². The second-order valence-electron chi connectivity index (χ2n) is 6.45. The van der Waals surface area contributed by atoms with E-state index < -0.39 is 17.7 Å². The Morgan fingerprint density at radius 2 is 1.79 bits per heavy atom. The van der Waals surface area contributed by atoms with E-state index in [1.165, 1.54) is 12.3 Å². The van der Waals surface area contributed by atoms with Gasteiger partial charge in [0.25, 0.3) is 5.78 Å². The van der Waals surface area contributed by atoms with Gasteiger partial charge in [0.05, 0.1) is 6.20 Å². The largest absolute Gasteiger partial charge is 0.475 e. The van der Waals surface area contributed by atoms with Crippen LogP contribution in [0.2, 0.25) is 0 Å². The van der Waals surface area contributed by atoms with Crippen molar-refractivity contribution < 1.29 is 24.2 Å². The standard InChI is InChI=1S/C22H20N2O5/c1-2-5-19-23-12-18(24-19)22(28)29-13-14-8-10-15(11-9-14)16-6-3-4-7-17(16)20(25)21(26)27/h3-4,6-12H,2,5,13H2,1H3,(H,23,24)(H,26,27). The molecule has 0 fully saturated rings. The topological polar surface area (TPSA) is 109 Å². The van der Waals surface area contributed by atoms with Crippen molar-refractivity contribution in [2.45, 2.75) is 26.4 Å². The average molecular weight is 392 g/mol. The molecule has 0 amide bonds. The molecule has 0 saturated heterocycles. The van der Waals surface area contributed by atoms with E-state index in [2.05, 4.69) is 9.97 Å². The number of aliphatic carboxylic acids is 1. The van der Waals surface area contributed by atoms with E-state index in [0.29, 0.717) is 16.8 Å². The molecule has 0 radical (unpaired) electrons. The molecule has 0 bridgehead atoms. The number of hydrogen-bond acceptors (Lipinski definition) is 5. The van der Waals surface area contributed by atoms with Gasteiger partial charge in [-0.25, -0.2) is 14.6 Å². The summed E-state index contributed by atoms with van der Waals surface area (Å²) in [7, 11) is 0. The number of ether oxygens (including phenoxy) is 1.